The van der Waals surface area contributed by atoms with Crippen LogP contribution in [0.2, 0.25) is 0 Å². The van der Waals surface area contributed by atoms with E-state index < -0.39 is 10.0 Å². The standard InChI is InChI=1S/C13H18N2O4S/c1-4-12(16)10-6-5-7-11(8-10)20(18,19)14-9-13(17)15(2)3/h5-8,14H,4,9H2,1-3H3. The number of amides is 1. The van der Waals surface area contributed by atoms with Crippen LogP contribution < -0.4 is 4.72 Å². The highest BCUT2D eigenvalue weighted by atomic mass is 32.2. The van der Waals surface area contributed by atoms with Gasteiger partial charge in [-0.05, 0) is 12.1 Å². The van der Waals surface area contributed by atoms with Gasteiger partial charge in [0.05, 0.1) is 11.4 Å². The number of sulfonamides is 1. The van der Waals surface area contributed by atoms with E-state index in [0.717, 1.165) is 0 Å². The number of carbonyl (C=O) groups is 2. The summed E-state index contributed by atoms with van der Waals surface area (Å²) in [5, 5.41) is 0. The molecule has 0 unspecified atom stereocenters. The predicted molar refractivity (Wildman–Crippen MR) is 74.9 cm³/mol. The van der Waals surface area contributed by atoms with Crippen molar-refractivity contribution < 1.29 is 18.0 Å². The summed E-state index contributed by atoms with van der Waals surface area (Å²) in [5.74, 6) is -0.485. The molecule has 20 heavy (non-hydrogen) atoms. The fourth-order valence-electron chi connectivity index (χ4n) is 1.44. The Morgan fingerprint density at radius 1 is 1.25 bits per heavy atom. The van der Waals surface area contributed by atoms with Crippen LogP contribution in [0.1, 0.15) is 23.7 Å². The van der Waals surface area contributed by atoms with Crippen molar-refractivity contribution in [1.82, 2.24) is 9.62 Å². The number of ketones is 1. The summed E-state index contributed by atoms with van der Waals surface area (Å²) in [6, 6.07) is 5.77. The number of carbonyl (C=O) groups excluding carboxylic acids is 2. The minimum absolute atomic E-state index is 0.0247. The van der Waals surface area contributed by atoms with Crippen LogP contribution in [-0.4, -0.2) is 45.6 Å². The second kappa shape index (κ2) is 6.62. The van der Waals surface area contributed by atoms with Gasteiger partial charge in [-0.1, -0.05) is 19.1 Å². The van der Waals surface area contributed by atoms with Gasteiger partial charge in [0.15, 0.2) is 5.78 Å². The van der Waals surface area contributed by atoms with Gasteiger partial charge in [-0.2, -0.15) is 0 Å². The van der Waals surface area contributed by atoms with Gasteiger partial charge < -0.3 is 4.90 Å². The lowest BCUT2D eigenvalue weighted by atomic mass is 10.1. The quantitative estimate of drug-likeness (QED) is 0.781. The van der Waals surface area contributed by atoms with E-state index in [4.69, 9.17) is 0 Å². The molecule has 1 aromatic carbocycles. The zero-order valence-electron chi connectivity index (χ0n) is 11.7. The zero-order valence-corrected chi connectivity index (χ0v) is 12.5. The average Bonchev–Trinajstić information content (AvgIpc) is 2.43. The van der Waals surface area contributed by atoms with E-state index in [1.807, 2.05) is 0 Å². The van der Waals surface area contributed by atoms with Crippen molar-refractivity contribution in [2.45, 2.75) is 18.2 Å². The van der Waals surface area contributed by atoms with Crippen molar-refractivity contribution in [2.24, 2.45) is 0 Å². The van der Waals surface area contributed by atoms with E-state index in [2.05, 4.69) is 4.72 Å². The third-order valence-corrected chi connectivity index (χ3v) is 4.10. The molecule has 1 N–H and O–H groups in total. The topological polar surface area (TPSA) is 83.5 Å². The fourth-order valence-corrected chi connectivity index (χ4v) is 2.46. The van der Waals surface area contributed by atoms with Gasteiger partial charge in [0.25, 0.3) is 0 Å². The fraction of sp³-hybridized carbons (Fsp3) is 0.385. The number of hydrogen-bond donors (Lipinski definition) is 1. The van der Waals surface area contributed by atoms with E-state index in [1.54, 1.807) is 13.0 Å². The molecule has 0 spiro atoms. The second-order valence-corrected chi connectivity index (χ2v) is 6.18. The summed E-state index contributed by atoms with van der Waals surface area (Å²) < 4.78 is 26.3. The molecule has 0 heterocycles. The molecule has 0 aliphatic carbocycles. The molecule has 6 nitrogen and oxygen atoms in total. The highest BCUT2D eigenvalue weighted by Crippen LogP contribution is 2.12. The first-order chi connectivity index (χ1) is 9.27. The molecule has 110 valence electrons. The summed E-state index contributed by atoms with van der Waals surface area (Å²) in [4.78, 5) is 24.2. The number of benzene rings is 1. The van der Waals surface area contributed by atoms with Crippen LogP contribution in [0.3, 0.4) is 0 Å². The first kappa shape index (κ1) is 16.3. The molecule has 0 bridgehead atoms. The third-order valence-electron chi connectivity index (χ3n) is 2.70. The Bertz CT molecular complexity index is 609. The van der Waals surface area contributed by atoms with Crippen LogP contribution in [0, 0.1) is 0 Å². The molecule has 0 radical (unpaired) electrons. The van der Waals surface area contributed by atoms with Gasteiger partial charge in [-0.3, -0.25) is 9.59 Å². The molecule has 0 aliphatic rings. The van der Waals surface area contributed by atoms with Crippen LogP contribution in [-0.2, 0) is 14.8 Å². The Morgan fingerprint density at radius 2 is 1.90 bits per heavy atom. The molecule has 1 rings (SSSR count). The number of Topliss-reactive ketones (excluding diaryl/α,β-unsaturated/α-hetero) is 1. The largest absolute Gasteiger partial charge is 0.348 e. The molecule has 0 atom stereocenters. The van der Waals surface area contributed by atoms with Crippen molar-refractivity contribution in [2.75, 3.05) is 20.6 Å². The maximum atomic E-state index is 12.0. The van der Waals surface area contributed by atoms with Crippen LogP contribution in [0.4, 0.5) is 0 Å². The van der Waals surface area contributed by atoms with E-state index in [0.29, 0.717) is 12.0 Å². The monoisotopic (exact) mass is 298 g/mol. The highest BCUT2D eigenvalue weighted by molar-refractivity contribution is 7.89. The summed E-state index contributed by atoms with van der Waals surface area (Å²) in [6.07, 6.45) is 0.302. The molecule has 0 saturated carbocycles. The normalized spacial score (nSPS) is 11.2. The van der Waals surface area contributed by atoms with Gasteiger partial charge in [-0.25, -0.2) is 13.1 Å². The molecule has 0 saturated heterocycles. The molecule has 1 aromatic rings. The Hall–Kier alpha value is -1.73. The average molecular weight is 298 g/mol. The molecule has 1 amide bonds. The van der Waals surface area contributed by atoms with Crippen LogP contribution >= 0.6 is 0 Å². The number of nitrogens with one attached hydrogen (secondary N) is 1. The number of rotatable bonds is 6. The number of hydrogen-bond acceptors (Lipinski definition) is 4. The Kier molecular flexibility index (Phi) is 5.41. The molecule has 7 heteroatoms. The minimum Gasteiger partial charge on any atom is -0.348 e. The van der Waals surface area contributed by atoms with Gasteiger partial charge in [-0.15, -0.1) is 0 Å². The number of likely N-dealkylation sites (N-methyl/N-ethyl adjacent to an activating group) is 1. The predicted octanol–water partition coefficient (Wildman–Crippen LogP) is 0.646. The lowest BCUT2D eigenvalue weighted by Gasteiger charge is -2.11. The molecular weight excluding hydrogens is 280 g/mol. The van der Waals surface area contributed by atoms with Crippen molar-refractivity contribution in [3.63, 3.8) is 0 Å². The summed E-state index contributed by atoms with van der Waals surface area (Å²) >= 11 is 0. The van der Waals surface area contributed by atoms with E-state index >= 15 is 0 Å². The minimum atomic E-state index is -3.80. The Morgan fingerprint density at radius 3 is 2.45 bits per heavy atom. The van der Waals surface area contributed by atoms with Crippen LogP contribution in [0.5, 0.6) is 0 Å². The zero-order chi connectivity index (χ0) is 15.3. The smallest absolute Gasteiger partial charge is 0.241 e. The second-order valence-electron chi connectivity index (χ2n) is 4.42. The molecule has 0 fully saturated rings. The van der Waals surface area contributed by atoms with Crippen LogP contribution in [0.25, 0.3) is 0 Å². The summed E-state index contributed by atoms with van der Waals surface area (Å²) in [7, 11) is -0.725. The van der Waals surface area contributed by atoms with Gasteiger partial charge in [0, 0.05) is 26.1 Å². The first-order valence-electron chi connectivity index (χ1n) is 6.11. The third kappa shape index (κ3) is 4.14. The van der Waals surface area contributed by atoms with Crippen molar-refractivity contribution in [3.05, 3.63) is 29.8 Å². The summed E-state index contributed by atoms with van der Waals surface area (Å²) in [6.45, 7) is 1.39. The summed E-state index contributed by atoms with van der Waals surface area (Å²) in [5.41, 5.74) is 0.342. The molecular formula is C13H18N2O4S. The van der Waals surface area contributed by atoms with Crippen molar-refractivity contribution in [1.29, 1.82) is 0 Å². The molecule has 0 aliphatic heterocycles. The van der Waals surface area contributed by atoms with E-state index in [-0.39, 0.29) is 23.1 Å². The Balaban J connectivity index is 2.93. The van der Waals surface area contributed by atoms with E-state index in [1.165, 1.54) is 37.2 Å². The molecule has 0 aromatic heterocycles. The van der Waals surface area contributed by atoms with Crippen molar-refractivity contribution in [3.8, 4) is 0 Å². The lowest BCUT2D eigenvalue weighted by Crippen LogP contribution is -2.36. The maximum absolute atomic E-state index is 12.0. The van der Waals surface area contributed by atoms with Gasteiger partial charge >= 0.3 is 0 Å². The van der Waals surface area contributed by atoms with E-state index in [9.17, 15) is 18.0 Å². The van der Waals surface area contributed by atoms with Gasteiger partial charge in [0.1, 0.15) is 0 Å². The number of nitrogens with zero attached hydrogens (tertiary/aromatic N) is 1. The van der Waals surface area contributed by atoms with Crippen LogP contribution in [0.15, 0.2) is 29.2 Å². The van der Waals surface area contributed by atoms with Gasteiger partial charge in [0.2, 0.25) is 15.9 Å². The highest BCUT2D eigenvalue weighted by Gasteiger charge is 2.17. The SMILES string of the molecule is CCC(=O)c1cccc(S(=O)(=O)NCC(=O)N(C)C)c1. The first-order valence-corrected chi connectivity index (χ1v) is 7.59. The maximum Gasteiger partial charge on any atom is 0.241 e. The lowest BCUT2D eigenvalue weighted by molar-refractivity contribution is -0.127. The Labute approximate surface area is 118 Å². The van der Waals surface area contributed by atoms with Crippen molar-refractivity contribution >= 4 is 21.7 Å².